The smallest absolute Gasteiger partial charge is 0.0671 e. The van der Waals surface area contributed by atoms with E-state index in [2.05, 4.69) is 19.2 Å². The highest BCUT2D eigenvalue weighted by Crippen LogP contribution is 2.00. The number of hydrogen-bond donors (Lipinski definition) is 1. The Morgan fingerprint density at radius 2 is 2.10 bits per heavy atom. The van der Waals surface area contributed by atoms with E-state index in [4.69, 9.17) is 4.74 Å². The van der Waals surface area contributed by atoms with Gasteiger partial charge in [0.1, 0.15) is 0 Å². The van der Waals surface area contributed by atoms with Crippen LogP contribution in [0.25, 0.3) is 0 Å². The van der Waals surface area contributed by atoms with Gasteiger partial charge in [0, 0.05) is 19.2 Å². The molecule has 1 N–H and O–H groups in total. The third-order valence-electron chi connectivity index (χ3n) is 1.71. The molecule has 10 heavy (non-hydrogen) atoms. The molecule has 0 saturated carbocycles. The fraction of sp³-hybridized carbons (Fsp3) is 1.00. The molecule has 1 aliphatic rings. The van der Waals surface area contributed by atoms with Crippen molar-refractivity contribution in [1.29, 1.82) is 0 Å². The third-order valence-corrected chi connectivity index (χ3v) is 1.71. The van der Waals surface area contributed by atoms with E-state index < -0.39 is 0 Å². The van der Waals surface area contributed by atoms with Crippen LogP contribution in [-0.4, -0.2) is 25.3 Å². The van der Waals surface area contributed by atoms with E-state index in [-0.39, 0.29) is 12.4 Å². The average Bonchev–Trinajstić information content (AvgIpc) is 1.97. The Morgan fingerprint density at radius 1 is 1.40 bits per heavy atom. The molecule has 2 atom stereocenters. The molecular weight excluding hydrogens is 150 g/mol. The minimum Gasteiger partial charge on any atom is -0.377 e. The van der Waals surface area contributed by atoms with Crippen LogP contribution in [0, 0.1) is 0 Å². The van der Waals surface area contributed by atoms with E-state index in [0.29, 0.717) is 12.1 Å². The van der Waals surface area contributed by atoms with Gasteiger partial charge in [-0.15, -0.1) is 12.4 Å². The van der Waals surface area contributed by atoms with E-state index in [1.807, 2.05) is 0 Å². The molecule has 0 spiro atoms. The Kier molecular flexibility index (Phi) is 5.04. The van der Waals surface area contributed by atoms with Crippen molar-refractivity contribution in [3.05, 3.63) is 0 Å². The van der Waals surface area contributed by atoms with Gasteiger partial charge in [-0.2, -0.15) is 0 Å². The summed E-state index contributed by atoms with van der Waals surface area (Å²) in [5.74, 6) is 0. The number of rotatable bonds is 0. The third kappa shape index (κ3) is 3.40. The highest BCUT2D eigenvalue weighted by atomic mass is 35.5. The summed E-state index contributed by atoms with van der Waals surface area (Å²) in [5.41, 5.74) is 0. The Balaban J connectivity index is 0.000000810. The van der Waals surface area contributed by atoms with Crippen LogP contribution < -0.4 is 5.32 Å². The second-order valence-corrected chi connectivity index (χ2v) is 2.78. The van der Waals surface area contributed by atoms with E-state index in [1.54, 1.807) is 0 Å². The van der Waals surface area contributed by atoms with Gasteiger partial charge in [-0.3, -0.25) is 0 Å². The van der Waals surface area contributed by atoms with E-state index >= 15 is 0 Å². The van der Waals surface area contributed by atoms with Gasteiger partial charge in [-0.1, -0.05) is 0 Å². The van der Waals surface area contributed by atoms with Crippen LogP contribution in [0.3, 0.4) is 0 Å². The molecular formula is C7H16ClNO. The summed E-state index contributed by atoms with van der Waals surface area (Å²) < 4.78 is 5.41. The van der Waals surface area contributed by atoms with Gasteiger partial charge in [0.15, 0.2) is 0 Å². The van der Waals surface area contributed by atoms with Crippen LogP contribution in [0.2, 0.25) is 0 Å². The molecule has 0 aromatic heterocycles. The van der Waals surface area contributed by atoms with E-state index in [0.717, 1.165) is 19.6 Å². The summed E-state index contributed by atoms with van der Waals surface area (Å²) in [6.45, 7) is 6.21. The first kappa shape index (κ1) is 10.2. The maximum absolute atomic E-state index is 5.41. The van der Waals surface area contributed by atoms with Crippen molar-refractivity contribution in [1.82, 2.24) is 5.32 Å². The van der Waals surface area contributed by atoms with Gasteiger partial charge < -0.3 is 10.1 Å². The number of hydrogen-bond acceptors (Lipinski definition) is 2. The van der Waals surface area contributed by atoms with Gasteiger partial charge in [-0.25, -0.2) is 0 Å². The lowest BCUT2D eigenvalue weighted by molar-refractivity contribution is 0.0799. The normalized spacial score (nSPS) is 34.2. The minimum atomic E-state index is 0. The Bertz CT molecular complexity index is 79.7. The molecule has 62 valence electrons. The van der Waals surface area contributed by atoms with Crippen molar-refractivity contribution in [3.8, 4) is 0 Å². The van der Waals surface area contributed by atoms with Crippen molar-refractivity contribution in [2.75, 3.05) is 13.2 Å². The maximum atomic E-state index is 5.41. The van der Waals surface area contributed by atoms with Crippen molar-refractivity contribution >= 4 is 12.4 Å². The van der Waals surface area contributed by atoms with Gasteiger partial charge >= 0.3 is 0 Å². The molecule has 0 amide bonds. The zero-order valence-electron chi connectivity index (χ0n) is 6.59. The molecule has 1 fully saturated rings. The monoisotopic (exact) mass is 165 g/mol. The fourth-order valence-electron chi connectivity index (χ4n) is 0.974. The number of halogens is 1. The molecule has 0 aromatic rings. The van der Waals surface area contributed by atoms with Crippen molar-refractivity contribution in [2.45, 2.75) is 32.4 Å². The summed E-state index contributed by atoms with van der Waals surface area (Å²) in [4.78, 5) is 0. The van der Waals surface area contributed by atoms with Crippen LogP contribution in [0.1, 0.15) is 20.3 Å². The highest BCUT2D eigenvalue weighted by Gasteiger charge is 2.10. The molecule has 0 radical (unpaired) electrons. The molecule has 2 unspecified atom stereocenters. The Hall–Kier alpha value is 0.210. The van der Waals surface area contributed by atoms with Gasteiger partial charge in [-0.05, 0) is 20.3 Å². The lowest BCUT2D eigenvalue weighted by Gasteiger charge is -2.08. The SMILES string of the molecule is CC1CCOC(C)CN1.Cl. The molecule has 1 aliphatic heterocycles. The number of nitrogens with one attached hydrogen (secondary N) is 1. The maximum Gasteiger partial charge on any atom is 0.0671 e. The van der Waals surface area contributed by atoms with Crippen LogP contribution in [0.5, 0.6) is 0 Å². The molecule has 0 aliphatic carbocycles. The molecule has 2 nitrogen and oxygen atoms in total. The first-order valence-electron chi connectivity index (χ1n) is 3.64. The van der Waals surface area contributed by atoms with E-state index in [9.17, 15) is 0 Å². The summed E-state index contributed by atoms with van der Waals surface area (Å²) in [6, 6.07) is 0.634. The van der Waals surface area contributed by atoms with Crippen molar-refractivity contribution in [2.24, 2.45) is 0 Å². The molecule has 0 bridgehead atoms. The molecule has 0 aromatic carbocycles. The summed E-state index contributed by atoms with van der Waals surface area (Å²) in [6.07, 6.45) is 1.54. The van der Waals surface area contributed by atoms with Crippen LogP contribution in [0.4, 0.5) is 0 Å². The highest BCUT2D eigenvalue weighted by molar-refractivity contribution is 5.85. The number of ether oxygens (including phenoxy) is 1. The van der Waals surface area contributed by atoms with E-state index in [1.165, 1.54) is 0 Å². The summed E-state index contributed by atoms with van der Waals surface area (Å²) >= 11 is 0. The predicted octanol–water partition coefficient (Wildman–Crippen LogP) is 1.20. The summed E-state index contributed by atoms with van der Waals surface area (Å²) in [5, 5.41) is 3.37. The first-order chi connectivity index (χ1) is 4.29. The lowest BCUT2D eigenvalue weighted by atomic mass is 10.2. The summed E-state index contributed by atoms with van der Waals surface area (Å²) in [7, 11) is 0. The Labute approximate surface area is 68.7 Å². The predicted molar refractivity (Wildman–Crippen MR) is 44.7 cm³/mol. The van der Waals surface area contributed by atoms with Crippen LogP contribution in [0.15, 0.2) is 0 Å². The Morgan fingerprint density at radius 3 is 2.80 bits per heavy atom. The van der Waals surface area contributed by atoms with Crippen LogP contribution in [-0.2, 0) is 4.74 Å². The first-order valence-corrected chi connectivity index (χ1v) is 3.64. The van der Waals surface area contributed by atoms with Crippen molar-refractivity contribution in [3.63, 3.8) is 0 Å². The second kappa shape index (κ2) is 4.94. The fourth-order valence-corrected chi connectivity index (χ4v) is 0.974. The lowest BCUT2D eigenvalue weighted by Crippen LogP contribution is -2.29. The average molecular weight is 166 g/mol. The quantitative estimate of drug-likeness (QED) is 0.583. The zero-order valence-corrected chi connectivity index (χ0v) is 7.41. The minimum absolute atomic E-state index is 0. The second-order valence-electron chi connectivity index (χ2n) is 2.78. The largest absolute Gasteiger partial charge is 0.377 e. The van der Waals surface area contributed by atoms with Gasteiger partial charge in [0.2, 0.25) is 0 Å². The topological polar surface area (TPSA) is 21.3 Å². The van der Waals surface area contributed by atoms with Crippen LogP contribution >= 0.6 is 12.4 Å². The zero-order chi connectivity index (χ0) is 6.69. The van der Waals surface area contributed by atoms with Crippen molar-refractivity contribution < 1.29 is 4.74 Å². The molecule has 1 rings (SSSR count). The standard InChI is InChI=1S/C7H15NO.ClH/c1-6-3-4-9-7(2)5-8-6;/h6-8H,3-5H2,1-2H3;1H. The van der Waals surface area contributed by atoms with Gasteiger partial charge in [0.25, 0.3) is 0 Å². The molecule has 1 heterocycles. The molecule has 1 saturated heterocycles. The van der Waals surface area contributed by atoms with Gasteiger partial charge in [0.05, 0.1) is 6.10 Å². The molecule has 3 heteroatoms.